The van der Waals surface area contributed by atoms with Gasteiger partial charge in [0.2, 0.25) is 0 Å². The Morgan fingerprint density at radius 3 is 2.47 bits per heavy atom. The Labute approximate surface area is 98.3 Å². The lowest BCUT2D eigenvalue weighted by Gasteiger charge is -2.10. The number of hydrogen-bond donors (Lipinski definition) is 1. The van der Waals surface area contributed by atoms with Gasteiger partial charge in [-0.1, -0.05) is 0 Å². The lowest BCUT2D eigenvalue weighted by atomic mass is 10.1. The number of aromatic nitrogens is 2. The molecule has 2 aromatic rings. The fraction of sp³-hybridized carbons (Fsp3) is 0.167. The number of rotatable bonds is 2. The van der Waals surface area contributed by atoms with E-state index < -0.39 is 5.82 Å². The monoisotopic (exact) mass is 233 g/mol. The quantitative estimate of drug-likeness (QED) is 0.807. The van der Waals surface area contributed by atoms with Crippen LogP contribution in [0.5, 0.6) is 5.75 Å². The first-order valence-corrected chi connectivity index (χ1v) is 5.04. The highest BCUT2D eigenvalue weighted by Gasteiger charge is 2.13. The summed E-state index contributed by atoms with van der Waals surface area (Å²) in [7, 11) is 1.47. The van der Waals surface area contributed by atoms with Crippen LogP contribution in [0.4, 0.5) is 10.1 Å². The Balaban J connectivity index is 2.61. The molecular weight excluding hydrogens is 221 g/mol. The number of nitrogen functional groups attached to an aromatic ring is 1. The molecule has 1 aromatic carbocycles. The van der Waals surface area contributed by atoms with E-state index in [1.807, 2.05) is 6.92 Å². The van der Waals surface area contributed by atoms with Gasteiger partial charge in [0.15, 0.2) is 11.6 Å². The normalized spacial score (nSPS) is 10.3. The van der Waals surface area contributed by atoms with E-state index in [-0.39, 0.29) is 5.69 Å². The molecule has 88 valence electrons. The number of aryl methyl sites for hydroxylation is 1. The average Bonchev–Trinajstić information content (AvgIpc) is 2.29. The molecule has 1 aromatic heterocycles. The van der Waals surface area contributed by atoms with E-state index in [1.54, 1.807) is 12.4 Å². The van der Waals surface area contributed by atoms with E-state index in [4.69, 9.17) is 10.5 Å². The molecule has 0 radical (unpaired) electrons. The minimum absolute atomic E-state index is 0.228. The molecular formula is C12H12FN3O. The molecule has 0 bridgehead atoms. The number of nitrogens with two attached hydrogens (primary N) is 1. The van der Waals surface area contributed by atoms with Crippen LogP contribution in [0.3, 0.4) is 0 Å². The summed E-state index contributed by atoms with van der Waals surface area (Å²) in [5.41, 5.74) is 7.28. The van der Waals surface area contributed by atoms with Crippen molar-refractivity contribution >= 4 is 5.69 Å². The third kappa shape index (κ3) is 2.18. The summed E-state index contributed by atoms with van der Waals surface area (Å²) in [5.74, 6) is 0.330. The van der Waals surface area contributed by atoms with Gasteiger partial charge in [0.1, 0.15) is 5.82 Å². The van der Waals surface area contributed by atoms with Crippen molar-refractivity contribution in [3.8, 4) is 17.1 Å². The second-order valence-electron chi connectivity index (χ2n) is 3.66. The maximum Gasteiger partial charge on any atom is 0.163 e. The van der Waals surface area contributed by atoms with E-state index in [2.05, 4.69) is 9.97 Å². The molecule has 0 amide bonds. The number of benzene rings is 1. The smallest absolute Gasteiger partial charge is 0.163 e. The van der Waals surface area contributed by atoms with Crippen molar-refractivity contribution in [2.45, 2.75) is 6.92 Å². The van der Waals surface area contributed by atoms with Crippen LogP contribution >= 0.6 is 0 Å². The number of anilines is 1. The molecule has 0 fully saturated rings. The van der Waals surface area contributed by atoms with Gasteiger partial charge in [0.05, 0.1) is 18.4 Å². The first kappa shape index (κ1) is 11.3. The molecule has 0 saturated heterocycles. The molecule has 0 unspecified atom stereocenters. The zero-order chi connectivity index (χ0) is 12.4. The van der Waals surface area contributed by atoms with Crippen molar-refractivity contribution in [1.29, 1.82) is 0 Å². The van der Waals surface area contributed by atoms with E-state index in [1.165, 1.54) is 19.2 Å². The molecule has 1 heterocycles. The predicted octanol–water partition coefficient (Wildman–Crippen LogP) is 2.18. The van der Waals surface area contributed by atoms with Crippen molar-refractivity contribution in [2.75, 3.05) is 12.8 Å². The number of hydrogen-bond acceptors (Lipinski definition) is 4. The Morgan fingerprint density at radius 2 is 1.88 bits per heavy atom. The zero-order valence-electron chi connectivity index (χ0n) is 9.57. The van der Waals surface area contributed by atoms with Gasteiger partial charge in [-0.2, -0.15) is 0 Å². The van der Waals surface area contributed by atoms with Crippen LogP contribution in [0.1, 0.15) is 5.56 Å². The molecule has 4 nitrogen and oxygen atoms in total. The summed E-state index contributed by atoms with van der Waals surface area (Å²) in [6.07, 6.45) is 3.31. The third-order valence-corrected chi connectivity index (χ3v) is 2.31. The Bertz CT molecular complexity index is 540. The Morgan fingerprint density at radius 1 is 1.24 bits per heavy atom. The third-order valence-electron chi connectivity index (χ3n) is 2.31. The molecule has 0 saturated carbocycles. The van der Waals surface area contributed by atoms with Crippen molar-refractivity contribution in [1.82, 2.24) is 9.97 Å². The molecule has 2 N–H and O–H groups in total. The summed E-state index contributed by atoms with van der Waals surface area (Å²) in [5, 5.41) is 0. The summed E-state index contributed by atoms with van der Waals surface area (Å²) in [6.45, 7) is 1.88. The summed E-state index contributed by atoms with van der Waals surface area (Å²) < 4.78 is 18.5. The molecule has 0 aliphatic carbocycles. The van der Waals surface area contributed by atoms with E-state index >= 15 is 0 Å². The van der Waals surface area contributed by atoms with Gasteiger partial charge in [-0.25, -0.2) is 14.4 Å². The topological polar surface area (TPSA) is 61.0 Å². The van der Waals surface area contributed by atoms with Crippen LogP contribution in [-0.4, -0.2) is 17.1 Å². The first-order chi connectivity index (χ1) is 8.11. The standard InChI is InChI=1S/C12H12FN3O/c1-7-5-15-12(16-6-7)9-3-8(13)4-10(14)11(9)17-2/h3-6H,14H2,1-2H3. The first-order valence-electron chi connectivity index (χ1n) is 5.04. The van der Waals surface area contributed by atoms with E-state index in [9.17, 15) is 4.39 Å². The SMILES string of the molecule is COc1c(N)cc(F)cc1-c1ncc(C)cn1. The van der Waals surface area contributed by atoms with Crippen molar-refractivity contribution in [3.63, 3.8) is 0 Å². The van der Waals surface area contributed by atoms with Gasteiger partial charge >= 0.3 is 0 Å². The largest absolute Gasteiger partial charge is 0.494 e. The zero-order valence-corrected chi connectivity index (χ0v) is 9.57. The lowest BCUT2D eigenvalue weighted by molar-refractivity contribution is 0.417. The van der Waals surface area contributed by atoms with Crippen LogP contribution in [0.25, 0.3) is 11.4 Å². The second-order valence-corrected chi connectivity index (χ2v) is 3.66. The highest BCUT2D eigenvalue weighted by molar-refractivity contribution is 5.73. The van der Waals surface area contributed by atoms with Gasteiger partial charge in [-0.15, -0.1) is 0 Å². The number of ether oxygens (including phenoxy) is 1. The van der Waals surface area contributed by atoms with Crippen LogP contribution in [0, 0.1) is 12.7 Å². The van der Waals surface area contributed by atoms with Gasteiger partial charge in [0, 0.05) is 18.5 Å². The molecule has 0 atom stereocenters. The summed E-state index contributed by atoms with van der Waals surface area (Å²) in [4.78, 5) is 8.25. The highest BCUT2D eigenvalue weighted by atomic mass is 19.1. The number of methoxy groups -OCH3 is 1. The fourth-order valence-electron chi connectivity index (χ4n) is 1.54. The minimum atomic E-state index is -0.442. The molecule has 17 heavy (non-hydrogen) atoms. The Hall–Kier alpha value is -2.17. The number of halogens is 1. The van der Waals surface area contributed by atoms with Crippen LogP contribution in [0.15, 0.2) is 24.5 Å². The van der Waals surface area contributed by atoms with Crippen LogP contribution < -0.4 is 10.5 Å². The minimum Gasteiger partial charge on any atom is -0.494 e. The maximum atomic E-state index is 13.3. The molecule has 5 heteroatoms. The molecule has 0 aliphatic rings. The predicted molar refractivity (Wildman–Crippen MR) is 63.1 cm³/mol. The fourth-order valence-corrected chi connectivity index (χ4v) is 1.54. The van der Waals surface area contributed by atoms with E-state index in [0.29, 0.717) is 17.1 Å². The molecule has 2 rings (SSSR count). The van der Waals surface area contributed by atoms with Crippen molar-refractivity contribution in [3.05, 3.63) is 35.9 Å². The van der Waals surface area contributed by atoms with Crippen molar-refractivity contribution < 1.29 is 9.13 Å². The molecule has 0 aliphatic heterocycles. The van der Waals surface area contributed by atoms with Crippen LogP contribution in [-0.2, 0) is 0 Å². The Kier molecular flexibility index (Phi) is 2.91. The molecule has 0 spiro atoms. The second kappa shape index (κ2) is 4.37. The van der Waals surface area contributed by atoms with Crippen molar-refractivity contribution in [2.24, 2.45) is 0 Å². The number of nitrogens with zero attached hydrogens (tertiary/aromatic N) is 2. The maximum absolute atomic E-state index is 13.3. The summed E-state index contributed by atoms with van der Waals surface area (Å²) in [6, 6.07) is 2.51. The summed E-state index contributed by atoms with van der Waals surface area (Å²) >= 11 is 0. The lowest BCUT2D eigenvalue weighted by Crippen LogP contribution is -1.99. The van der Waals surface area contributed by atoms with Gasteiger partial charge in [-0.3, -0.25) is 0 Å². The van der Waals surface area contributed by atoms with Gasteiger partial charge in [-0.05, 0) is 18.6 Å². The van der Waals surface area contributed by atoms with Crippen LogP contribution in [0.2, 0.25) is 0 Å². The van der Waals surface area contributed by atoms with E-state index in [0.717, 1.165) is 5.56 Å². The van der Waals surface area contributed by atoms with Gasteiger partial charge < -0.3 is 10.5 Å². The average molecular weight is 233 g/mol. The highest BCUT2D eigenvalue weighted by Crippen LogP contribution is 2.33. The van der Waals surface area contributed by atoms with Gasteiger partial charge in [0.25, 0.3) is 0 Å².